The normalized spacial score (nSPS) is 12.2. The summed E-state index contributed by atoms with van der Waals surface area (Å²) in [6, 6.07) is 14.0. The van der Waals surface area contributed by atoms with E-state index in [1.807, 2.05) is 75.4 Å². The number of para-hydroxylation sites is 1. The summed E-state index contributed by atoms with van der Waals surface area (Å²) < 4.78 is 1.73. The molecule has 130 valence electrons. The summed E-state index contributed by atoms with van der Waals surface area (Å²) in [6.45, 7) is 9.89. The standard InChI is InChI=1S/C23H23N3/c1-5-6-11-17(15(2)3)22(24)26-21-16(4)10-9-14-19(21)18-12-7-8-13-20(18)23(26)25/h5-14,24-25H,2H2,1,3-4H3/b6-5-,17-11+,24-22?,25-23?. The number of aryl methyl sites for hydroxylation is 1. The Hall–Kier alpha value is -3.20. The minimum absolute atomic E-state index is 0.269. The molecule has 3 nitrogen and oxygen atoms in total. The number of allylic oxidation sites excluding steroid dienone is 5. The molecular weight excluding hydrogens is 318 g/mol. The molecule has 0 saturated heterocycles. The van der Waals surface area contributed by atoms with Crippen molar-refractivity contribution in [3.63, 3.8) is 0 Å². The van der Waals surface area contributed by atoms with Crippen LogP contribution in [0.3, 0.4) is 0 Å². The second-order valence-corrected chi connectivity index (χ2v) is 6.44. The molecule has 0 aliphatic carbocycles. The highest BCUT2D eigenvalue weighted by Gasteiger charge is 2.16. The van der Waals surface area contributed by atoms with Gasteiger partial charge in [-0.2, -0.15) is 0 Å². The molecule has 3 aromatic rings. The first kappa shape index (κ1) is 17.6. The molecule has 2 aromatic carbocycles. The van der Waals surface area contributed by atoms with Gasteiger partial charge in [0.1, 0.15) is 11.3 Å². The van der Waals surface area contributed by atoms with Crippen molar-refractivity contribution in [3.8, 4) is 0 Å². The largest absolute Gasteiger partial charge is 0.283 e. The number of nitrogens with zero attached hydrogens (tertiary/aromatic N) is 1. The van der Waals surface area contributed by atoms with E-state index in [0.717, 1.165) is 38.4 Å². The quantitative estimate of drug-likeness (QED) is 0.274. The van der Waals surface area contributed by atoms with Gasteiger partial charge in [0.15, 0.2) is 0 Å². The number of rotatable bonds is 3. The Bertz CT molecular complexity index is 1160. The highest BCUT2D eigenvalue weighted by molar-refractivity contribution is 6.13. The first-order chi connectivity index (χ1) is 12.5. The van der Waals surface area contributed by atoms with Crippen molar-refractivity contribution in [2.75, 3.05) is 0 Å². The van der Waals surface area contributed by atoms with Gasteiger partial charge in [-0.05, 0) is 37.3 Å². The van der Waals surface area contributed by atoms with E-state index in [1.165, 1.54) is 0 Å². The molecule has 0 spiro atoms. The van der Waals surface area contributed by atoms with E-state index in [-0.39, 0.29) is 5.84 Å². The van der Waals surface area contributed by atoms with Gasteiger partial charge < -0.3 is 0 Å². The van der Waals surface area contributed by atoms with Crippen molar-refractivity contribution in [2.24, 2.45) is 0 Å². The molecule has 0 radical (unpaired) electrons. The number of nitrogens with one attached hydrogen (secondary N) is 2. The number of pyridine rings is 1. The van der Waals surface area contributed by atoms with Crippen LogP contribution in [0, 0.1) is 17.7 Å². The number of aromatic nitrogens is 1. The smallest absolute Gasteiger partial charge is 0.139 e. The van der Waals surface area contributed by atoms with Crippen molar-refractivity contribution in [1.29, 1.82) is 10.8 Å². The van der Waals surface area contributed by atoms with E-state index in [2.05, 4.69) is 12.6 Å². The van der Waals surface area contributed by atoms with Crippen LogP contribution in [0.4, 0.5) is 0 Å². The minimum atomic E-state index is 0.269. The molecule has 1 aromatic heterocycles. The summed E-state index contributed by atoms with van der Waals surface area (Å²) in [5, 5.41) is 20.6. The predicted octanol–water partition coefficient (Wildman–Crippen LogP) is 5.49. The highest BCUT2D eigenvalue weighted by atomic mass is 15.0. The zero-order chi connectivity index (χ0) is 18.8. The summed E-state index contributed by atoms with van der Waals surface area (Å²) in [5.41, 5.74) is 3.78. The molecule has 0 aliphatic heterocycles. The van der Waals surface area contributed by atoms with Crippen LogP contribution in [0.5, 0.6) is 0 Å². The van der Waals surface area contributed by atoms with Gasteiger partial charge in [0.25, 0.3) is 0 Å². The fourth-order valence-corrected chi connectivity index (χ4v) is 3.29. The van der Waals surface area contributed by atoms with Crippen LogP contribution in [-0.2, 0) is 0 Å². The van der Waals surface area contributed by atoms with E-state index in [1.54, 1.807) is 4.57 Å². The van der Waals surface area contributed by atoms with Gasteiger partial charge >= 0.3 is 0 Å². The SMILES string of the molecule is C=C(C)/C(=C\C=C/C)C(=N)n1c(=N)c2ccccc2c2cccc(C)c21. The molecule has 0 atom stereocenters. The van der Waals surface area contributed by atoms with Crippen LogP contribution in [0.25, 0.3) is 21.7 Å². The molecule has 3 heteroatoms. The zero-order valence-electron chi connectivity index (χ0n) is 15.4. The first-order valence-electron chi connectivity index (χ1n) is 8.63. The summed E-state index contributed by atoms with van der Waals surface area (Å²) in [5.74, 6) is 0.269. The maximum absolute atomic E-state index is 8.87. The average molecular weight is 341 g/mol. The third kappa shape index (κ3) is 2.82. The topological polar surface area (TPSA) is 52.6 Å². The average Bonchev–Trinajstić information content (AvgIpc) is 2.63. The van der Waals surface area contributed by atoms with E-state index in [9.17, 15) is 0 Å². The first-order valence-corrected chi connectivity index (χ1v) is 8.63. The van der Waals surface area contributed by atoms with E-state index >= 15 is 0 Å². The van der Waals surface area contributed by atoms with Crippen LogP contribution < -0.4 is 5.49 Å². The lowest BCUT2D eigenvalue weighted by atomic mass is 10.0. The molecule has 0 unspecified atom stereocenters. The number of fused-ring (bicyclic) bond motifs is 3. The van der Waals surface area contributed by atoms with Crippen LogP contribution in [-0.4, -0.2) is 10.4 Å². The summed E-state index contributed by atoms with van der Waals surface area (Å²) in [7, 11) is 0. The molecule has 0 aliphatic rings. The van der Waals surface area contributed by atoms with Crippen molar-refractivity contribution in [3.05, 3.63) is 89.5 Å². The molecule has 0 saturated carbocycles. The van der Waals surface area contributed by atoms with Gasteiger partial charge in [0.05, 0.1) is 5.52 Å². The maximum Gasteiger partial charge on any atom is 0.139 e. The summed E-state index contributed by atoms with van der Waals surface area (Å²) in [6.07, 6.45) is 5.71. The Morgan fingerprint density at radius 1 is 1.04 bits per heavy atom. The lowest BCUT2D eigenvalue weighted by molar-refractivity contribution is 1.02. The Balaban J connectivity index is 2.49. The van der Waals surface area contributed by atoms with E-state index < -0.39 is 0 Å². The Kier molecular flexibility index (Phi) is 4.72. The minimum Gasteiger partial charge on any atom is -0.283 e. The third-order valence-electron chi connectivity index (χ3n) is 4.55. The van der Waals surface area contributed by atoms with Gasteiger partial charge in [-0.25, -0.2) is 0 Å². The summed E-state index contributed by atoms with van der Waals surface area (Å²) in [4.78, 5) is 0. The maximum atomic E-state index is 8.87. The van der Waals surface area contributed by atoms with E-state index in [4.69, 9.17) is 10.8 Å². The second kappa shape index (κ2) is 6.96. The molecule has 26 heavy (non-hydrogen) atoms. The van der Waals surface area contributed by atoms with E-state index in [0.29, 0.717) is 5.49 Å². The third-order valence-corrected chi connectivity index (χ3v) is 4.55. The second-order valence-electron chi connectivity index (χ2n) is 6.44. The van der Waals surface area contributed by atoms with Crippen LogP contribution in [0.2, 0.25) is 0 Å². The highest BCUT2D eigenvalue weighted by Crippen LogP contribution is 2.26. The lowest BCUT2D eigenvalue weighted by Crippen LogP contribution is -2.29. The Morgan fingerprint density at radius 3 is 2.35 bits per heavy atom. The lowest BCUT2D eigenvalue weighted by Gasteiger charge is -2.19. The molecule has 3 rings (SSSR count). The van der Waals surface area contributed by atoms with Gasteiger partial charge in [-0.3, -0.25) is 15.4 Å². The van der Waals surface area contributed by atoms with Crippen LogP contribution in [0.15, 0.2) is 78.4 Å². The molecule has 1 heterocycles. The van der Waals surface area contributed by atoms with Crippen molar-refractivity contribution in [2.45, 2.75) is 20.8 Å². The van der Waals surface area contributed by atoms with Gasteiger partial charge in [0.2, 0.25) is 0 Å². The fraction of sp³-hybridized carbons (Fsp3) is 0.130. The molecule has 0 fully saturated rings. The number of benzene rings is 2. The Morgan fingerprint density at radius 2 is 1.69 bits per heavy atom. The predicted molar refractivity (Wildman–Crippen MR) is 111 cm³/mol. The zero-order valence-corrected chi connectivity index (χ0v) is 15.4. The monoisotopic (exact) mass is 341 g/mol. The fourth-order valence-electron chi connectivity index (χ4n) is 3.29. The summed E-state index contributed by atoms with van der Waals surface area (Å²) >= 11 is 0. The van der Waals surface area contributed by atoms with Crippen molar-refractivity contribution >= 4 is 27.5 Å². The van der Waals surface area contributed by atoms with Gasteiger partial charge in [0, 0.05) is 16.3 Å². The van der Waals surface area contributed by atoms with Crippen molar-refractivity contribution < 1.29 is 0 Å². The number of hydrogen-bond acceptors (Lipinski definition) is 2. The Labute approximate surface area is 153 Å². The van der Waals surface area contributed by atoms with Crippen molar-refractivity contribution in [1.82, 2.24) is 4.57 Å². The van der Waals surface area contributed by atoms with Crippen LogP contribution >= 0.6 is 0 Å². The molecule has 2 N–H and O–H groups in total. The molecule has 0 amide bonds. The molecular formula is C23H23N3. The van der Waals surface area contributed by atoms with Gasteiger partial charge in [-0.1, -0.05) is 67.3 Å². The van der Waals surface area contributed by atoms with Gasteiger partial charge in [-0.15, -0.1) is 0 Å². The van der Waals surface area contributed by atoms with Crippen LogP contribution in [0.1, 0.15) is 19.4 Å². The number of hydrogen-bond donors (Lipinski definition) is 2. The molecule has 0 bridgehead atoms.